The molecule has 2 heterocycles. The lowest BCUT2D eigenvalue weighted by Crippen LogP contribution is -2.17. The smallest absolute Gasteiger partial charge is 0.122 e. The van der Waals surface area contributed by atoms with Crippen LogP contribution in [-0.2, 0) is 13.0 Å². The highest BCUT2D eigenvalue weighted by Gasteiger charge is 2.14. The Hall–Kier alpha value is -1.74. The molecule has 1 aliphatic rings. The molecule has 0 bridgehead atoms. The summed E-state index contributed by atoms with van der Waals surface area (Å²) in [5.41, 5.74) is 3.80. The number of rotatable bonds is 4. The molecule has 3 rings (SSSR count). The third kappa shape index (κ3) is 2.27. The van der Waals surface area contributed by atoms with E-state index in [-0.39, 0.29) is 0 Å². The molecular formula is C15H17NO2. The lowest BCUT2D eigenvalue weighted by molar-refractivity contribution is 0.356. The highest BCUT2D eigenvalue weighted by molar-refractivity contribution is 5.40. The van der Waals surface area contributed by atoms with Gasteiger partial charge in [-0.05, 0) is 30.2 Å². The average Bonchev–Trinajstić information content (AvgIpc) is 3.05. The maximum absolute atomic E-state index is 5.52. The van der Waals surface area contributed by atoms with E-state index in [1.807, 2.05) is 6.07 Å². The van der Waals surface area contributed by atoms with Crippen LogP contribution in [-0.4, -0.2) is 6.61 Å². The van der Waals surface area contributed by atoms with E-state index in [2.05, 4.69) is 30.4 Å². The van der Waals surface area contributed by atoms with Crippen molar-refractivity contribution in [2.24, 2.45) is 0 Å². The third-order valence-corrected chi connectivity index (χ3v) is 3.41. The van der Waals surface area contributed by atoms with E-state index in [1.165, 1.54) is 16.7 Å². The Kier molecular flexibility index (Phi) is 3.07. The van der Waals surface area contributed by atoms with Crippen LogP contribution in [0.4, 0.5) is 0 Å². The summed E-state index contributed by atoms with van der Waals surface area (Å²) in [6.45, 7) is 3.82. The first-order valence-electron chi connectivity index (χ1n) is 6.33. The minimum Gasteiger partial charge on any atom is -0.493 e. The van der Waals surface area contributed by atoms with E-state index in [0.29, 0.717) is 6.04 Å². The second-order valence-corrected chi connectivity index (χ2v) is 4.70. The number of hydrogen-bond donors (Lipinski definition) is 1. The second-order valence-electron chi connectivity index (χ2n) is 4.70. The molecule has 0 aliphatic carbocycles. The summed E-state index contributed by atoms with van der Waals surface area (Å²) in [7, 11) is 0. The van der Waals surface area contributed by atoms with Crippen molar-refractivity contribution in [1.29, 1.82) is 0 Å². The first kappa shape index (κ1) is 11.4. The van der Waals surface area contributed by atoms with Gasteiger partial charge in [0, 0.05) is 24.6 Å². The Balaban J connectivity index is 1.67. The predicted molar refractivity (Wildman–Crippen MR) is 69.6 cm³/mol. The van der Waals surface area contributed by atoms with Gasteiger partial charge in [-0.25, -0.2) is 0 Å². The zero-order valence-electron chi connectivity index (χ0n) is 10.5. The van der Waals surface area contributed by atoms with Gasteiger partial charge < -0.3 is 14.5 Å². The van der Waals surface area contributed by atoms with E-state index >= 15 is 0 Å². The third-order valence-electron chi connectivity index (χ3n) is 3.41. The lowest BCUT2D eigenvalue weighted by atomic mass is 10.0. The molecule has 1 unspecified atom stereocenters. The molecule has 0 spiro atoms. The van der Waals surface area contributed by atoms with E-state index in [0.717, 1.165) is 25.3 Å². The topological polar surface area (TPSA) is 34.4 Å². The van der Waals surface area contributed by atoms with Crippen LogP contribution in [0.15, 0.2) is 41.2 Å². The average molecular weight is 243 g/mol. The molecule has 3 heteroatoms. The van der Waals surface area contributed by atoms with E-state index in [4.69, 9.17) is 9.15 Å². The van der Waals surface area contributed by atoms with Crippen molar-refractivity contribution in [3.05, 3.63) is 53.5 Å². The minimum atomic E-state index is 0.325. The molecular weight excluding hydrogens is 226 g/mol. The van der Waals surface area contributed by atoms with Gasteiger partial charge in [0.15, 0.2) is 0 Å². The molecule has 1 N–H and O–H groups in total. The Labute approximate surface area is 107 Å². The first-order valence-corrected chi connectivity index (χ1v) is 6.33. The quantitative estimate of drug-likeness (QED) is 0.896. The van der Waals surface area contributed by atoms with Gasteiger partial charge >= 0.3 is 0 Å². The van der Waals surface area contributed by atoms with Crippen molar-refractivity contribution in [1.82, 2.24) is 5.32 Å². The molecule has 0 saturated heterocycles. The molecule has 0 fully saturated rings. The number of ether oxygens (including phenoxy) is 1. The Morgan fingerprint density at radius 1 is 1.33 bits per heavy atom. The molecule has 18 heavy (non-hydrogen) atoms. The molecule has 1 aliphatic heterocycles. The van der Waals surface area contributed by atoms with Crippen LogP contribution in [0, 0.1) is 0 Å². The van der Waals surface area contributed by atoms with Gasteiger partial charge in [-0.3, -0.25) is 0 Å². The van der Waals surface area contributed by atoms with Crippen LogP contribution >= 0.6 is 0 Å². The maximum Gasteiger partial charge on any atom is 0.122 e. The number of benzene rings is 1. The van der Waals surface area contributed by atoms with Gasteiger partial charge in [-0.15, -0.1) is 0 Å². The number of furan rings is 1. The molecule has 0 radical (unpaired) electrons. The summed E-state index contributed by atoms with van der Waals surface area (Å²) < 4.78 is 10.6. The van der Waals surface area contributed by atoms with Crippen LogP contribution in [0.1, 0.15) is 29.7 Å². The van der Waals surface area contributed by atoms with Gasteiger partial charge in [-0.2, -0.15) is 0 Å². The number of fused-ring (bicyclic) bond motifs is 1. The molecule has 94 valence electrons. The van der Waals surface area contributed by atoms with Crippen molar-refractivity contribution in [3.63, 3.8) is 0 Å². The van der Waals surface area contributed by atoms with E-state index in [9.17, 15) is 0 Å². The van der Waals surface area contributed by atoms with Gasteiger partial charge in [0.1, 0.15) is 5.75 Å². The fourth-order valence-electron chi connectivity index (χ4n) is 2.26. The molecule has 1 atom stereocenters. The highest BCUT2D eigenvalue weighted by Crippen LogP contribution is 2.28. The van der Waals surface area contributed by atoms with E-state index in [1.54, 1.807) is 12.5 Å². The van der Waals surface area contributed by atoms with Crippen LogP contribution in [0.2, 0.25) is 0 Å². The molecule has 3 nitrogen and oxygen atoms in total. The van der Waals surface area contributed by atoms with Crippen molar-refractivity contribution >= 4 is 0 Å². The van der Waals surface area contributed by atoms with E-state index < -0.39 is 0 Å². The summed E-state index contributed by atoms with van der Waals surface area (Å²) in [5.74, 6) is 1.04. The van der Waals surface area contributed by atoms with Crippen LogP contribution in [0.3, 0.4) is 0 Å². The van der Waals surface area contributed by atoms with Crippen molar-refractivity contribution in [3.8, 4) is 5.75 Å². The predicted octanol–water partition coefficient (Wildman–Crippen LogP) is 3.07. The molecule has 1 aromatic carbocycles. The fraction of sp³-hybridized carbons (Fsp3) is 0.333. The summed E-state index contributed by atoms with van der Waals surface area (Å²) in [4.78, 5) is 0. The van der Waals surface area contributed by atoms with Crippen molar-refractivity contribution in [2.75, 3.05) is 6.61 Å². The Morgan fingerprint density at radius 3 is 3.11 bits per heavy atom. The Bertz CT molecular complexity index is 519. The SMILES string of the molecule is CC(NCc1ccoc1)c1ccc2c(c1)CCO2. The van der Waals surface area contributed by atoms with Gasteiger partial charge in [0.2, 0.25) is 0 Å². The normalized spacial score (nSPS) is 15.2. The number of hydrogen-bond acceptors (Lipinski definition) is 3. The first-order chi connectivity index (χ1) is 8.83. The fourth-order valence-corrected chi connectivity index (χ4v) is 2.26. The van der Waals surface area contributed by atoms with Crippen molar-refractivity contribution in [2.45, 2.75) is 25.9 Å². The zero-order valence-corrected chi connectivity index (χ0v) is 10.5. The lowest BCUT2D eigenvalue weighted by Gasteiger charge is -2.14. The summed E-state index contributed by atoms with van der Waals surface area (Å²) >= 11 is 0. The Morgan fingerprint density at radius 2 is 2.28 bits per heavy atom. The summed E-state index contributed by atoms with van der Waals surface area (Å²) in [6.07, 6.45) is 4.50. The standard InChI is InChI=1S/C15H17NO2/c1-11(16-9-12-4-6-17-10-12)13-2-3-15-14(8-13)5-7-18-15/h2-4,6,8,10-11,16H,5,7,9H2,1H3. The van der Waals surface area contributed by atoms with Gasteiger partial charge in [-0.1, -0.05) is 12.1 Å². The summed E-state index contributed by atoms with van der Waals surface area (Å²) in [6, 6.07) is 8.77. The van der Waals surface area contributed by atoms with Crippen molar-refractivity contribution < 1.29 is 9.15 Å². The monoisotopic (exact) mass is 243 g/mol. The van der Waals surface area contributed by atoms with Crippen LogP contribution < -0.4 is 10.1 Å². The van der Waals surface area contributed by atoms with Gasteiger partial charge in [0.05, 0.1) is 19.1 Å². The number of nitrogens with one attached hydrogen (secondary N) is 1. The largest absolute Gasteiger partial charge is 0.493 e. The molecule has 1 aromatic heterocycles. The second kappa shape index (κ2) is 4.86. The highest BCUT2D eigenvalue weighted by atomic mass is 16.5. The molecule has 0 saturated carbocycles. The van der Waals surface area contributed by atoms with Crippen LogP contribution in [0.25, 0.3) is 0 Å². The maximum atomic E-state index is 5.52. The minimum absolute atomic E-state index is 0.325. The van der Waals surface area contributed by atoms with Crippen LogP contribution in [0.5, 0.6) is 5.75 Å². The molecule has 0 amide bonds. The zero-order chi connectivity index (χ0) is 12.4. The van der Waals surface area contributed by atoms with Gasteiger partial charge in [0.25, 0.3) is 0 Å². The summed E-state index contributed by atoms with van der Waals surface area (Å²) in [5, 5.41) is 3.49. The molecule has 2 aromatic rings.